The van der Waals surface area contributed by atoms with Crippen LogP contribution >= 0.6 is 0 Å². The first-order chi connectivity index (χ1) is 7.88. The van der Waals surface area contributed by atoms with Crippen LogP contribution in [-0.4, -0.2) is 67.2 Å². The van der Waals surface area contributed by atoms with Crippen molar-refractivity contribution in [3.63, 3.8) is 0 Å². The van der Waals surface area contributed by atoms with E-state index in [1.807, 2.05) is 13.8 Å². The molecule has 0 fully saturated rings. The molecule has 0 spiro atoms. The van der Waals surface area contributed by atoms with Gasteiger partial charge in [-0.2, -0.15) is 0 Å². The maximum Gasteiger partial charge on any atom is 0.323 e. The van der Waals surface area contributed by atoms with Gasteiger partial charge in [0.15, 0.2) is 0 Å². The summed E-state index contributed by atoms with van der Waals surface area (Å²) in [7, 11) is 3.48. The SMILES string of the molecule is CNCCN(C)C(=O)N(CC(=O)O)CC(C)C. The number of nitrogens with zero attached hydrogens (tertiary/aromatic N) is 2. The predicted molar refractivity (Wildman–Crippen MR) is 66.0 cm³/mol. The number of rotatable bonds is 7. The molecule has 0 bridgehead atoms. The van der Waals surface area contributed by atoms with E-state index in [-0.39, 0.29) is 18.5 Å². The average molecular weight is 245 g/mol. The van der Waals surface area contributed by atoms with Gasteiger partial charge in [0.2, 0.25) is 0 Å². The predicted octanol–water partition coefficient (Wildman–Crippen LogP) is 0.300. The first-order valence-corrected chi connectivity index (χ1v) is 5.75. The second-order valence-corrected chi connectivity index (χ2v) is 4.48. The van der Waals surface area contributed by atoms with Gasteiger partial charge in [0.25, 0.3) is 0 Å². The van der Waals surface area contributed by atoms with Crippen molar-refractivity contribution in [2.24, 2.45) is 5.92 Å². The minimum absolute atomic E-state index is 0.239. The molecule has 0 saturated heterocycles. The van der Waals surface area contributed by atoms with E-state index in [0.29, 0.717) is 19.6 Å². The van der Waals surface area contributed by atoms with E-state index in [0.717, 1.165) is 0 Å². The monoisotopic (exact) mass is 245 g/mol. The molecule has 0 aromatic heterocycles. The summed E-state index contributed by atoms with van der Waals surface area (Å²) in [6.45, 7) is 5.36. The quantitative estimate of drug-likeness (QED) is 0.676. The zero-order valence-electron chi connectivity index (χ0n) is 11.1. The molecule has 6 heteroatoms. The number of nitrogens with one attached hydrogen (secondary N) is 1. The van der Waals surface area contributed by atoms with Crippen LogP contribution in [0.4, 0.5) is 4.79 Å². The van der Waals surface area contributed by atoms with E-state index in [9.17, 15) is 9.59 Å². The van der Waals surface area contributed by atoms with E-state index in [2.05, 4.69) is 5.32 Å². The largest absolute Gasteiger partial charge is 0.480 e. The molecule has 2 N–H and O–H groups in total. The molecule has 17 heavy (non-hydrogen) atoms. The van der Waals surface area contributed by atoms with Gasteiger partial charge in [0, 0.05) is 26.7 Å². The van der Waals surface area contributed by atoms with Crippen LogP contribution in [0.3, 0.4) is 0 Å². The summed E-state index contributed by atoms with van der Waals surface area (Å²) in [4.78, 5) is 25.6. The molecule has 0 aliphatic carbocycles. The molecule has 6 nitrogen and oxygen atoms in total. The molecule has 0 unspecified atom stereocenters. The highest BCUT2D eigenvalue weighted by molar-refractivity contribution is 5.80. The first-order valence-electron chi connectivity index (χ1n) is 5.75. The van der Waals surface area contributed by atoms with Gasteiger partial charge in [-0.1, -0.05) is 13.8 Å². The van der Waals surface area contributed by atoms with Crippen molar-refractivity contribution >= 4 is 12.0 Å². The van der Waals surface area contributed by atoms with Crippen LogP contribution < -0.4 is 5.32 Å². The number of amides is 2. The Balaban J connectivity index is 4.44. The number of carboxylic acid groups (broad SMARTS) is 1. The molecule has 0 aromatic rings. The summed E-state index contributed by atoms with van der Waals surface area (Å²) in [6.07, 6.45) is 0. The lowest BCUT2D eigenvalue weighted by Crippen LogP contribution is -2.46. The van der Waals surface area contributed by atoms with Crippen LogP contribution in [0.5, 0.6) is 0 Å². The molecule has 0 heterocycles. The van der Waals surface area contributed by atoms with Crippen LogP contribution in [0.1, 0.15) is 13.8 Å². The third-order valence-electron chi connectivity index (χ3n) is 2.21. The summed E-state index contributed by atoms with van der Waals surface area (Å²) >= 11 is 0. The van der Waals surface area contributed by atoms with Gasteiger partial charge >= 0.3 is 12.0 Å². The Labute approximate surface area is 103 Å². The number of hydrogen-bond donors (Lipinski definition) is 2. The topological polar surface area (TPSA) is 72.9 Å². The second kappa shape index (κ2) is 7.89. The highest BCUT2D eigenvalue weighted by Gasteiger charge is 2.20. The van der Waals surface area contributed by atoms with Crippen molar-refractivity contribution in [2.45, 2.75) is 13.8 Å². The van der Waals surface area contributed by atoms with Crippen molar-refractivity contribution in [3.05, 3.63) is 0 Å². The number of urea groups is 1. The van der Waals surface area contributed by atoms with Crippen molar-refractivity contribution in [1.82, 2.24) is 15.1 Å². The van der Waals surface area contributed by atoms with E-state index in [1.54, 1.807) is 14.1 Å². The van der Waals surface area contributed by atoms with Gasteiger partial charge < -0.3 is 20.2 Å². The van der Waals surface area contributed by atoms with Crippen LogP contribution in [0, 0.1) is 5.92 Å². The van der Waals surface area contributed by atoms with Gasteiger partial charge in [-0.25, -0.2) is 4.79 Å². The van der Waals surface area contributed by atoms with E-state index >= 15 is 0 Å². The lowest BCUT2D eigenvalue weighted by atomic mass is 10.2. The number of carboxylic acids is 1. The standard InChI is InChI=1S/C11H23N3O3/c1-9(2)7-14(8-10(15)16)11(17)13(4)6-5-12-3/h9,12H,5-8H2,1-4H3,(H,15,16). The van der Waals surface area contributed by atoms with Crippen LogP contribution in [0.15, 0.2) is 0 Å². The Kier molecular flexibility index (Phi) is 7.29. The molecular formula is C11H23N3O3. The van der Waals surface area contributed by atoms with E-state index < -0.39 is 5.97 Å². The van der Waals surface area contributed by atoms with E-state index in [1.165, 1.54) is 9.80 Å². The third-order valence-corrected chi connectivity index (χ3v) is 2.21. The molecule has 0 rings (SSSR count). The fraction of sp³-hybridized carbons (Fsp3) is 0.818. The Morgan fingerprint density at radius 3 is 2.35 bits per heavy atom. The number of aliphatic carboxylic acids is 1. The molecular weight excluding hydrogens is 222 g/mol. The van der Waals surface area contributed by atoms with Crippen LogP contribution in [0.25, 0.3) is 0 Å². The number of likely N-dealkylation sites (N-methyl/N-ethyl adjacent to an activating group) is 2. The van der Waals surface area contributed by atoms with Gasteiger partial charge in [0.05, 0.1) is 0 Å². The average Bonchev–Trinajstić information content (AvgIpc) is 2.22. The molecule has 2 amide bonds. The molecule has 0 aliphatic rings. The normalized spacial score (nSPS) is 10.4. The Hall–Kier alpha value is -1.30. The smallest absolute Gasteiger partial charge is 0.323 e. The van der Waals surface area contributed by atoms with Gasteiger partial charge in [0.1, 0.15) is 6.54 Å². The first kappa shape index (κ1) is 15.7. The minimum Gasteiger partial charge on any atom is -0.480 e. The molecule has 100 valence electrons. The molecule has 0 saturated carbocycles. The number of carbonyl (C=O) groups is 2. The summed E-state index contributed by atoms with van der Waals surface area (Å²) < 4.78 is 0. The fourth-order valence-corrected chi connectivity index (χ4v) is 1.43. The fourth-order valence-electron chi connectivity index (χ4n) is 1.43. The maximum atomic E-state index is 12.0. The lowest BCUT2D eigenvalue weighted by Gasteiger charge is -2.28. The van der Waals surface area contributed by atoms with Gasteiger partial charge in [-0.3, -0.25) is 4.79 Å². The Bertz CT molecular complexity index is 256. The second-order valence-electron chi connectivity index (χ2n) is 4.48. The zero-order valence-corrected chi connectivity index (χ0v) is 11.1. The maximum absolute atomic E-state index is 12.0. The lowest BCUT2D eigenvalue weighted by molar-refractivity contribution is -0.137. The summed E-state index contributed by atoms with van der Waals surface area (Å²) in [6, 6.07) is -0.239. The highest BCUT2D eigenvalue weighted by Crippen LogP contribution is 2.02. The summed E-state index contributed by atoms with van der Waals surface area (Å²) in [5.74, 6) is -0.739. The third kappa shape index (κ3) is 6.78. The van der Waals surface area contributed by atoms with Crippen molar-refractivity contribution in [1.29, 1.82) is 0 Å². The van der Waals surface area contributed by atoms with Crippen molar-refractivity contribution in [3.8, 4) is 0 Å². The molecule has 0 radical (unpaired) electrons. The Morgan fingerprint density at radius 1 is 1.35 bits per heavy atom. The molecule has 0 atom stereocenters. The molecule has 0 aromatic carbocycles. The van der Waals surface area contributed by atoms with E-state index in [4.69, 9.17) is 5.11 Å². The number of hydrogen-bond acceptors (Lipinski definition) is 3. The van der Waals surface area contributed by atoms with Gasteiger partial charge in [-0.05, 0) is 13.0 Å². The summed E-state index contributed by atoms with van der Waals surface area (Å²) in [5.41, 5.74) is 0. The zero-order chi connectivity index (χ0) is 13.4. The molecule has 0 aliphatic heterocycles. The van der Waals surface area contributed by atoms with Crippen LogP contribution in [0.2, 0.25) is 0 Å². The summed E-state index contributed by atoms with van der Waals surface area (Å²) in [5, 5.41) is 11.7. The van der Waals surface area contributed by atoms with Crippen molar-refractivity contribution < 1.29 is 14.7 Å². The number of carbonyl (C=O) groups excluding carboxylic acids is 1. The van der Waals surface area contributed by atoms with Gasteiger partial charge in [-0.15, -0.1) is 0 Å². The van der Waals surface area contributed by atoms with Crippen LogP contribution in [-0.2, 0) is 4.79 Å². The Morgan fingerprint density at radius 2 is 1.94 bits per heavy atom. The van der Waals surface area contributed by atoms with Crippen molar-refractivity contribution in [2.75, 3.05) is 40.3 Å². The highest BCUT2D eigenvalue weighted by atomic mass is 16.4. The minimum atomic E-state index is -0.985.